The summed E-state index contributed by atoms with van der Waals surface area (Å²) in [5.74, 6) is -0.838. The van der Waals surface area contributed by atoms with Crippen molar-refractivity contribution in [3.05, 3.63) is 0 Å². The number of amidine groups is 1. The predicted molar refractivity (Wildman–Crippen MR) is 74.3 cm³/mol. The molecule has 0 aromatic carbocycles. The average molecular weight is 400 g/mol. The van der Waals surface area contributed by atoms with E-state index in [0.717, 1.165) is 0 Å². The molecule has 1 saturated heterocycles. The van der Waals surface area contributed by atoms with E-state index in [1.165, 1.54) is 0 Å². The first-order valence-electron chi connectivity index (χ1n) is 6.47. The van der Waals surface area contributed by atoms with E-state index < -0.39 is 19.5 Å². The molecule has 1 rings (SSSR count). The van der Waals surface area contributed by atoms with Crippen LogP contribution in [0.5, 0.6) is 0 Å². The second kappa shape index (κ2) is 7.83. The number of hydrogen-bond donors (Lipinski definition) is 1. The number of hydrogen-bond acceptors (Lipinski definition) is 6. The zero-order chi connectivity index (χ0) is 19.8. The van der Waals surface area contributed by atoms with Gasteiger partial charge in [-0.05, 0) is 6.92 Å². The van der Waals surface area contributed by atoms with Gasteiger partial charge in [-0.25, -0.2) is 9.37 Å². The maximum absolute atomic E-state index is 11.2. The van der Waals surface area contributed by atoms with Crippen LogP contribution in [0, 0.1) is 11.3 Å². The van der Waals surface area contributed by atoms with Gasteiger partial charge in [-0.2, -0.15) is 5.26 Å². The summed E-state index contributed by atoms with van der Waals surface area (Å²) in [7, 11) is -10.7. The fraction of sp³-hybridized carbons (Fsp3) is 0.600. The number of carbonyl (C=O) groups is 1. The number of halogens is 6. The van der Waals surface area contributed by atoms with Crippen molar-refractivity contribution < 1.29 is 48.9 Å². The van der Waals surface area contributed by atoms with Gasteiger partial charge in [-0.15, -0.1) is 0 Å². The third-order valence-electron chi connectivity index (χ3n) is 2.13. The molecule has 0 unspecified atom stereocenters. The standard InChI is InChI=1S/C10H14N4O4.F6P/c1-2-17-9(15)8(7-11)13-18-10(12)14-3-5-16-6-4-14;1-7(2,3,4,5)6/h12H,2-6H2,1H3;/q;-1/p+1/b13-8+;. The van der Waals surface area contributed by atoms with Crippen LogP contribution < -0.4 is 5.73 Å². The van der Waals surface area contributed by atoms with Crippen molar-refractivity contribution in [2.75, 3.05) is 32.9 Å². The molecule has 0 bridgehead atoms. The molecule has 0 amide bonds. The molecule has 2 N–H and O–H groups in total. The molecule has 146 valence electrons. The van der Waals surface area contributed by atoms with Crippen LogP contribution in [0.25, 0.3) is 0 Å². The third-order valence-corrected chi connectivity index (χ3v) is 2.13. The molecule has 0 aromatic rings. The molecule has 15 heteroatoms. The minimum atomic E-state index is -10.7. The summed E-state index contributed by atoms with van der Waals surface area (Å²) in [6.45, 7) is 4.00. The van der Waals surface area contributed by atoms with E-state index in [1.807, 2.05) is 0 Å². The molecular weight excluding hydrogens is 385 g/mol. The molecule has 1 heterocycles. The molecule has 25 heavy (non-hydrogen) atoms. The van der Waals surface area contributed by atoms with Crippen LogP contribution in [-0.2, 0) is 19.1 Å². The molecular formula is C10H15F6N4O4P. The van der Waals surface area contributed by atoms with Crippen LogP contribution in [0.1, 0.15) is 6.92 Å². The molecule has 0 radical (unpaired) electrons. The summed E-state index contributed by atoms with van der Waals surface area (Å²) in [6, 6.07) is 1.61. The van der Waals surface area contributed by atoms with Crippen LogP contribution in [0.4, 0.5) is 25.2 Å². The van der Waals surface area contributed by atoms with E-state index in [4.69, 9.17) is 20.6 Å². The van der Waals surface area contributed by atoms with Gasteiger partial charge in [0.15, 0.2) is 0 Å². The summed E-state index contributed by atoms with van der Waals surface area (Å²) < 4.78 is 70.7. The van der Waals surface area contributed by atoms with Crippen molar-refractivity contribution in [1.29, 1.82) is 5.26 Å². The monoisotopic (exact) mass is 400 g/mol. The zero-order valence-electron chi connectivity index (χ0n) is 12.8. The van der Waals surface area contributed by atoms with Gasteiger partial charge in [-0.3, -0.25) is 10.6 Å². The fourth-order valence-corrected chi connectivity index (χ4v) is 1.24. The Morgan fingerprint density at radius 3 is 2.16 bits per heavy atom. The van der Waals surface area contributed by atoms with E-state index >= 15 is 0 Å². The van der Waals surface area contributed by atoms with E-state index in [2.05, 4.69) is 9.89 Å². The number of carbonyl (C=O) groups excluding carboxylic acids is 1. The van der Waals surface area contributed by atoms with E-state index in [9.17, 15) is 30.0 Å². The molecule has 1 aliphatic rings. The zero-order valence-corrected chi connectivity index (χ0v) is 13.7. The fourth-order valence-electron chi connectivity index (χ4n) is 1.24. The molecule has 1 fully saturated rings. The Morgan fingerprint density at radius 2 is 1.76 bits per heavy atom. The quantitative estimate of drug-likeness (QED) is 0.148. The van der Waals surface area contributed by atoms with Gasteiger partial charge < -0.3 is 9.47 Å². The number of nitriles is 1. The number of ether oxygens (including phenoxy) is 2. The predicted octanol–water partition coefficient (Wildman–Crippen LogP) is 2.19. The third kappa shape index (κ3) is 15.2. The molecule has 0 saturated carbocycles. The Kier molecular flexibility index (Phi) is 7.17. The maximum atomic E-state index is 11.2. The average Bonchev–Trinajstić information content (AvgIpc) is 2.45. The van der Waals surface area contributed by atoms with E-state index in [-0.39, 0.29) is 12.6 Å². The SMILES string of the molecule is CCOC(=O)/C(C#N)=N/OC(N)=[N+]1CCOCC1.F[P-](F)(F)(F)(F)F. The van der Waals surface area contributed by atoms with Gasteiger partial charge in [0.25, 0.3) is 5.71 Å². The Labute approximate surface area is 137 Å². The van der Waals surface area contributed by atoms with Crippen LogP contribution in [0.15, 0.2) is 5.16 Å². The summed E-state index contributed by atoms with van der Waals surface area (Å²) in [4.78, 5) is 16.1. The van der Waals surface area contributed by atoms with Crippen molar-refractivity contribution in [3.63, 3.8) is 0 Å². The topological polar surface area (TPSA) is 110 Å². The molecule has 0 aromatic heterocycles. The molecule has 0 aliphatic carbocycles. The minimum absolute atomic E-state index is 0.0235. The molecule has 1 aliphatic heterocycles. The Hall–Kier alpha value is -2.13. The summed E-state index contributed by atoms with van der Waals surface area (Å²) >= 11 is 0. The van der Waals surface area contributed by atoms with Crippen LogP contribution in [-0.4, -0.2) is 55.2 Å². The Morgan fingerprint density at radius 1 is 1.28 bits per heavy atom. The van der Waals surface area contributed by atoms with Gasteiger partial charge >= 0.3 is 45.0 Å². The number of rotatable bonds is 3. The van der Waals surface area contributed by atoms with Gasteiger partial charge in [0.05, 0.1) is 19.8 Å². The normalized spacial score (nSPS) is 17.8. The van der Waals surface area contributed by atoms with Gasteiger partial charge in [0.1, 0.15) is 19.2 Å². The van der Waals surface area contributed by atoms with E-state index in [1.54, 1.807) is 17.6 Å². The van der Waals surface area contributed by atoms with Crippen molar-refractivity contribution in [2.45, 2.75) is 6.92 Å². The second-order valence-corrected chi connectivity index (χ2v) is 6.18. The molecule has 8 nitrogen and oxygen atoms in total. The van der Waals surface area contributed by atoms with Crippen molar-refractivity contribution in [3.8, 4) is 6.07 Å². The summed E-state index contributed by atoms with van der Waals surface area (Å²) in [5.41, 5.74) is 5.14. The van der Waals surface area contributed by atoms with Gasteiger partial charge in [-0.1, -0.05) is 5.16 Å². The van der Waals surface area contributed by atoms with Crippen LogP contribution in [0.2, 0.25) is 0 Å². The molecule has 0 atom stereocenters. The van der Waals surface area contributed by atoms with Gasteiger partial charge in [0.2, 0.25) is 0 Å². The first kappa shape index (κ1) is 22.9. The first-order valence-corrected chi connectivity index (χ1v) is 8.50. The van der Waals surface area contributed by atoms with Crippen molar-refractivity contribution in [2.24, 2.45) is 10.9 Å². The van der Waals surface area contributed by atoms with Crippen LogP contribution in [0.3, 0.4) is 0 Å². The van der Waals surface area contributed by atoms with Crippen molar-refractivity contribution in [1.82, 2.24) is 0 Å². The molecule has 0 spiro atoms. The van der Waals surface area contributed by atoms with Crippen molar-refractivity contribution >= 4 is 25.5 Å². The van der Waals surface area contributed by atoms with E-state index in [0.29, 0.717) is 26.3 Å². The Balaban J connectivity index is 0.000000697. The number of oxime groups is 1. The summed E-state index contributed by atoms with van der Waals surface area (Å²) in [5, 5.41) is 12.1. The number of morpholine rings is 1. The number of nitrogens with zero attached hydrogens (tertiary/aromatic N) is 3. The number of nitrogens with two attached hydrogens (primary N) is 1. The summed E-state index contributed by atoms with van der Waals surface area (Å²) in [6.07, 6.45) is 0. The number of esters is 1. The first-order chi connectivity index (χ1) is 11.1. The second-order valence-electron chi connectivity index (χ2n) is 4.26. The van der Waals surface area contributed by atoms with Gasteiger partial charge in [0, 0.05) is 0 Å². The van der Waals surface area contributed by atoms with Crippen LogP contribution >= 0.6 is 7.81 Å². The Bertz CT molecular complexity index is 579.